The maximum absolute atomic E-state index is 12.1. The number of carbonyl (C=O) groups excluding carboxylic acids is 2. The van der Waals surface area contributed by atoms with E-state index in [1.54, 1.807) is 27.9 Å². The van der Waals surface area contributed by atoms with Gasteiger partial charge in [0.25, 0.3) is 5.91 Å². The standard InChI is InChI=1S/C22H25N5O5S/c1-22(21(29)25-30,33(2,31)32)9-10-27-15-18-11-16(7-8-19(18)24-27)5-3-4-6-17-13-26(14-17)20(28)12-23/h7-8,11,15,17,30H,9-10,12-14,23H2,1-2H3,(H,25,29)/t22-/m1/s1. The van der Waals surface area contributed by atoms with Gasteiger partial charge in [-0.05, 0) is 43.4 Å². The van der Waals surface area contributed by atoms with Gasteiger partial charge >= 0.3 is 0 Å². The smallest absolute Gasteiger partial charge is 0.264 e. The molecule has 1 atom stereocenters. The predicted molar refractivity (Wildman–Crippen MR) is 121 cm³/mol. The minimum atomic E-state index is -3.78. The number of hydrogen-bond donors (Lipinski definition) is 3. The summed E-state index contributed by atoms with van der Waals surface area (Å²) in [5.74, 6) is 10.7. The second-order valence-corrected chi connectivity index (χ2v) is 10.5. The van der Waals surface area contributed by atoms with Crippen LogP contribution in [0.1, 0.15) is 18.9 Å². The van der Waals surface area contributed by atoms with Gasteiger partial charge in [0.1, 0.15) is 0 Å². The molecule has 1 aromatic carbocycles. The Hall–Kier alpha value is -3.38. The number of nitrogens with zero attached hydrogens (tertiary/aromatic N) is 3. The average molecular weight is 472 g/mol. The summed E-state index contributed by atoms with van der Waals surface area (Å²) in [6.45, 7) is 2.59. The summed E-state index contributed by atoms with van der Waals surface area (Å²) in [5.41, 5.74) is 8.19. The van der Waals surface area contributed by atoms with Gasteiger partial charge in [-0.2, -0.15) is 5.10 Å². The van der Waals surface area contributed by atoms with Crippen LogP contribution in [0.3, 0.4) is 0 Å². The number of nitrogens with two attached hydrogens (primary N) is 1. The third-order valence-corrected chi connectivity index (χ3v) is 7.75. The van der Waals surface area contributed by atoms with Gasteiger partial charge in [-0.3, -0.25) is 19.5 Å². The molecule has 0 bridgehead atoms. The molecule has 0 saturated carbocycles. The summed E-state index contributed by atoms with van der Waals surface area (Å²) >= 11 is 0. The van der Waals surface area contributed by atoms with Gasteiger partial charge in [-0.25, -0.2) is 13.9 Å². The molecule has 0 spiro atoms. The number of aromatic nitrogens is 2. The zero-order valence-corrected chi connectivity index (χ0v) is 19.1. The Kier molecular flexibility index (Phi) is 7.08. The van der Waals surface area contributed by atoms with E-state index in [1.165, 1.54) is 12.4 Å². The first-order valence-corrected chi connectivity index (χ1v) is 12.1. The Bertz CT molecular complexity index is 1310. The molecule has 1 fully saturated rings. The van der Waals surface area contributed by atoms with Crippen LogP contribution in [0.2, 0.25) is 0 Å². The Morgan fingerprint density at radius 2 is 2.06 bits per heavy atom. The molecular formula is C22H25N5O5S. The molecule has 0 radical (unpaired) electrons. The highest BCUT2D eigenvalue weighted by Crippen LogP contribution is 2.23. The first-order chi connectivity index (χ1) is 15.6. The fourth-order valence-corrected chi connectivity index (χ4v) is 4.17. The Labute approximate surface area is 192 Å². The summed E-state index contributed by atoms with van der Waals surface area (Å²) in [5, 5.41) is 14.1. The number of aryl methyl sites for hydroxylation is 1. The van der Waals surface area contributed by atoms with E-state index < -0.39 is 20.5 Å². The topological polar surface area (TPSA) is 148 Å². The molecule has 1 saturated heterocycles. The predicted octanol–water partition coefficient (Wildman–Crippen LogP) is -0.493. The van der Waals surface area contributed by atoms with Crippen molar-refractivity contribution >= 4 is 32.6 Å². The molecule has 1 aromatic heterocycles. The molecule has 3 rings (SSSR count). The van der Waals surface area contributed by atoms with Gasteiger partial charge in [-0.1, -0.05) is 11.8 Å². The molecule has 11 heteroatoms. The van der Waals surface area contributed by atoms with Crippen molar-refractivity contribution in [2.24, 2.45) is 11.7 Å². The van der Waals surface area contributed by atoms with Gasteiger partial charge in [0.15, 0.2) is 14.6 Å². The summed E-state index contributed by atoms with van der Waals surface area (Å²) in [6, 6.07) is 5.44. The zero-order valence-electron chi connectivity index (χ0n) is 18.3. The first kappa shape index (κ1) is 24.3. The normalized spacial score (nSPS) is 15.5. The van der Waals surface area contributed by atoms with E-state index in [2.05, 4.69) is 28.8 Å². The van der Waals surface area contributed by atoms with E-state index in [-0.39, 0.29) is 31.3 Å². The van der Waals surface area contributed by atoms with Crippen molar-refractivity contribution in [2.45, 2.75) is 24.6 Å². The van der Waals surface area contributed by atoms with Crippen LogP contribution in [-0.4, -0.2) is 70.8 Å². The zero-order chi connectivity index (χ0) is 24.2. The molecule has 10 nitrogen and oxygen atoms in total. The molecule has 33 heavy (non-hydrogen) atoms. The van der Waals surface area contributed by atoms with Gasteiger partial charge in [0.05, 0.1) is 18.0 Å². The number of carbonyl (C=O) groups is 2. The number of nitrogens with one attached hydrogen (secondary N) is 1. The quantitative estimate of drug-likeness (QED) is 0.292. The first-order valence-electron chi connectivity index (χ1n) is 10.2. The van der Waals surface area contributed by atoms with Crippen LogP contribution in [0.25, 0.3) is 10.9 Å². The number of sulfone groups is 1. The van der Waals surface area contributed by atoms with Gasteiger partial charge < -0.3 is 10.6 Å². The third-order valence-electron chi connectivity index (χ3n) is 5.72. The fourth-order valence-electron chi connectivity index (χ4n) is 3.33. The number of likely N-dealkylation sites (tertiary alicyclic amines) is 1. The second kappa shape index (κ2) is 9.63. The largest absolute Gasteiger partial charge is 0.339 e. The van der Waals surface area contributed by atoms with Crippen molar-refractivity contribution in [1.82, 2.24) is 20.2 Å². The fraction of sp³-hybridized carbons (Fsp3) is 0.409. The third kappa shape index (κ3) is 5.34. The lowest BCUT2D eigenvalue weighted by molar-refractivity contribution is -0.134. The van der Waals surface area contributed by atoms with E-state index in [0.29, 0.717) is 18.6 Å². The lowest BCUT2D eigenvalue weighted by Gasteiger charge is -2.35. The van der Waals surface area contributed by atoms with Crippen LogP contribution < -0.4 is 11.2 Å². The number of fused-ring (bicyclic) bond motifs is 1. The lowest BCUT2D eigenvalue weighted by Crippen LogP contribution is -2.51. The van der Waals surface area contributed by atoms with E-state index in [4.69, 9.17) is 10.9 Å². The van der Waals surface area contributed by atoms with Crippen LogP contribution >= 0.6 is 0 Å². The van der Waals surface area contributed by atoms with Crippen molar-refractivity contribution in [1.29, 1.82) is 0 Å². The number of hydrogen-bond acceptors (Lipinski definition) is 7. The Morgan fingerprint density at radius 3 is 2.70 bits per heavy atom. The molecule has 1 aliphatic heterocycles. The van der Waals surface area contributed by atoms with Gasteiger partial charge in [0, 0.05) is 43.0 Å². The van der Waals surface area contributed by atoms with Crippen LogP contribution in [0.15, 0.2) is 24.4 Å². The molecule has 0 unspecified atom stereocenters. The van der Waals surface area contributed by atoms with Crippen molar-refractivity contribution < 1.29 is 23.2 Å². The van der Waals surface area contributed by atoms with Crippen LogP contribution in [0.5, 0.6) is 0 Å². The van der Waals surface area contributed by atoms with Gasteiger partial charge in [-0.15, -0.1) is 0 Å². The molecule has 2 aromatic rings. The maximum Gasteiger partial charge on any atom is 0.264 e. The molecule has 2 amide bonds. The molecule has 4 N–H and O–H groups in total. The van der Waals surface area contributed by atoms with Crippen molar-refractivity contribution in [2.75, 3.05) is 25.9 Å². The van der Waals surface area contributed by atoms with Gasteiger partial charge in [0.2, 0.25) is 5.91 Å². The highest BCUT2D eigenvalue weighted by Gasteiger charge is 2.43. The molecular weight excluding hydrogens is 446 g/mol. The van der Waals surface area contributed by atoms with Crippen LogP contribution in [0.4, 0.5) is 0 Å². The summed E-state index contributed by atoms with van der Waals surface area (Å²) in [6.07, 6.45) is 2.63. The van der Waals surface area contributed by atoms with Crippen molar-refractivity contribution in [3.05, 3.63) is 30.0 Å². The lowest BCUT2D eigenvalue weighted by atomic mass is 10.0. The number of benzene rings is 1. The Balaban J connectivity index is 1.66. The van der Waals surface area contributed by atoms with Crippen molar-refractivity contribution in [3.63, 3.8) is 0 Å². The number of amides is 2. The highest BCUT2D eigenvalue weighted by atomic mass is 32.2. The molecule has 1 aliphatic rings. The van der Waals surface area contributed by atoms with Crippen molar-refractivity contribution in [3.8, 4) is 23.7 Å². The molecule has 174 valence electrons. The molecule has 0 aliphatic carbocycles. The highest BCUT2D eigenvalue weighted by molar-refractivity contribution is 7.92. The van der Waals surface area contributed by atoms with E-state index in [1.807, 2.05) is 6.07 Å². The summed E-state index contributed by atoms with van der Waals surface area (Å²) < 4.78 is 24.0. The van der Waals surface area contributed by atoms with E-state index in [0.717, 1.165) is 17.2 Å². The second-order valence-electron chi connectivity index (χ2n) is 8.08. The van der Waals surface area contributed by atoms with E-state index in [9.17, 15) is 18.0 Å². The van der Waals surface area contributed by atoms with Crippen LogP contribution in [-0.2, 0) is 26.0 Å². The number of hydroxylamine groups is 1. The SMILES string of the molecule is C[C@@](CCn1cc2cc(C#CC#CC3CN(C(=O)CN)C3)ccc2n1)(C(=O)NO)S(C)(=O)=O. The average Bonchev–Trinajstić information content (AvgIpc) is 3.16. The summed E-state index contributed by atoms with van der Waals surface area (Å²) in [7, 11) is -3.78. The monoisotopic (exact) mass is 471 g/mol. The number of rotatable bonds is 6. The minimum Gasteiger partial charge on any atom is -0.339 e. The van der Waals surface area contributed by atoms with Crippen LogP contribution in [0, 0.1) is 29.6 Å². The molecule has 2 heterocycles. The summed E-state index contributed by atoms with van der Waals surface area (Å²) in [4.78, 5) is 25.0. The Morgan fingerprint density at radius 1 is 1.33 bits per heavy atom. The maximum atomic E-state index is 12.1. The minimum absolute atomic E-state index is 0.00796. The van der Waals surface area contributed by atoms with E-state index >= 15 is 0 Å².